The van der Waals surface area contributed by atoms with Crippen LogP contribution in [0.25, 0.3) is 0 Å². The van der Waals surface area contributed by atoms with Crippen LogP contribution < -0.4 is 5.32 Å². The fourth-order valence-electron chi connectivity index (χ4n) is 2.54. The van der Waals surface area contributed by atoms with Crippen LogP contribution in [0.5, 0.6) is 0 Å². The zero-order chi connectivity index (χ0) is 13.5. The van der Waals surface area contributed by atoms with E-state index in [0.29, 0.717) is 12.5 Å². The third kappa shape index (κ3) is 2.77. The van der Waals surface area contributed by atoms with Crippen molar-refractivity contribution >= 4 is 17.5 Å². The summed E-state index contributed by atoms with van der Waals surface area (Å²) in [7, 11) is 0. The molecule has 2 fully saturated rings. The summed E-state index contributed by atoms with van der Waals surface area (Å²) < 4.78 is 0. The molecule has 1 aromatic rings. The smallest absolute Gasteiger partial charge is 0.223 e. The van der Waals surface area contributed by atoms with Crippen LogP contribution in [0, 0.1) is 11.3 Å². The van der Waals surface area contributed by atoms with Gasteiger partial charge in [-0.05, 0) is 42.9 Å². The molecule has 2 atom stereocenters. The molecule has 1 amide bonds. The van der Waals surface area contributed by atoms with Gasteiger partial charge in [-0.1, -0.05) is 23.7 Å². The predicted molar refractivity (Wildman–Crippen MR) is 74.1 cm³/mol. The number of benzene rings is 1. The highest BCUT2D eigenvalue weighted by Crippen LogP contribution is 2.48. The molecule has 4 heteroatoms. The number of carbonyl (C=O) groups is 1. The minimum absolute atomic E-state index is 0.0136. The minimum atomic E-state index is -0.0136. The average molecular weight is 280 g/mol. The highest BCUT2D eigenvalue weighted by Gasteiger charge is 2.46. The Bertz CT molecular complexity index is 481. The van der Waals surface area contributed by atoms with Crippen molar-refractivity contribution in [1.82, 2.24) is 5.32 Å². The Morgan fingerprint density at radius 3 is 2.63 bits per heavy atom. The lowest BCUT2D eigenvalue weighted by molar-refractivity contribution is -0.122. The number of halogens is 1. The Kier molecular flexibility index (Phi) is 3.27. The number of aliphatic hydroxyl groups is 1. The Balaban J connectivity index is 1.52. The Hall–Kier alpha value is -1.06. The fraction of sp³-hybridized carbons (Fsp3) is 0.533. The summed E-state index contributed by atoms with van der Waals surface area (Å²) in [6, 6.07) is 7.73. The van der Waals surface area contributed by atoms with Gasteiger partial charge >= 0.3 is 0 Å². The third-order valence-electron chi connectivity index (χ3n) is 4.36. The van der Waals surface area contributed by atoms with Gasteiger partial charge in [0.2, 0.25) is 5.91 Å². The average Bonchev–Trinajstić information content (AvgIpc) is 3.31. The van der Waals surface area contributed by atoms with Crippen molar-refractivity contribution in [1.29, 1.82) is 0 Å². The normalized spacial score (nSPS) is 26.8. The summed E-state index contributed by atoms with van der Waals surface area (Å²) in [6.07, 6.45) is 2.96. The first-order chi connectivity index (χ1) is 9.13. The fourth-order valence-corrected chi connectivity index (χ4v) is 2.66. The summed E-state index contributed by atoms with van der Waals surface area (Å²) >= 11 is 5.86. The van der Waals surface area contributed by atoms with E-state index in [4.69, 9.17) is 11.6 Å². The number of aliphatic hydroxyl groups excluding tert-OH is 1. The van der Waals surface area contributed by atoms with Crippen LogP contribution in [0.15, 0.2) is 24.3 Å². The molecule has 1 aromatic carbocycles. The number of nitrogens with one attached hydrogen (secondary N) is 1. The van der Waals surface area contributed by atoms with Gasteiger partial charge in [-0.15, -0.1) is 0 Å². The standard InChI is InChI=1S/C15H18ClNO2/c16-11-3-1-10(2-4-11)12-7-13(12)14(19)17-8-15(9-18)5-6-15/h1-4,12-13,18H,5-9H2,(H,17,19). The van der Waals surface area contributed by atoms with Crippen LogP contribution in [-0.4, -0.2) is 24.2 Å². The van der Waals surface area contributed by atoms with Crippen molar-refractivity contribution in [3.05, 3.63) is 34.9 Å². The molecule has 0 saturated heterocycles. The second kappa shape index (κ2) is 4.80. The quantitative estimate of drug-likeness (QED) is 0.869. The lowest BCUT2D eigenvalue weighted by Gasteiger charge is -2.12. The number of hydrogen-bond acceptors (Lipinski definition) is 2. The van der Waals surface area contributed by atoms with E-state index in [9.17, 15) is 9.90 Å². The maximum Gasteiger partial charge on any atom is 0.223 e. The largest absolute Gasteiger partial charge is 0.396 e. The number of carbonyl (C=O) groups excluding carboxylic acids is 1. The van der Waals surface area contributed by atoms with Gasteiger partial charge in [0.1, 0.15) is 0 Å². The minimum Gasteiger partial charge on any atom is -0.396 e. The Morgan fingerprint density at radius 2 is 2.05 bits per heavy atom. The molecule has 3 nitrogen and oxygen atoms in total. The van der Waals surface area contributed by atoms with Gasteiger partial charge in [0.05, 0.1) is 6.61 Å². The van der Waals surface area contributed by atoms with Crippen LogP contribution in [0.2, 0.25) is 5.02 Å². The maximum absolute atomic E-state index is 12.0. The first-order valence-corrected chi connectivity index (χ1v) is 7.15. The summed E-state index contributed by atoms with van der Waals surface area (Å²) in [5.74, 6) is 0.553. The van der Waals surface area contributed by atoms with Gasteiger partial charge in [0.15, 0.2) is 0 Å². The van der Waals surface area contributed by atoms with E-state index in [2.05, 4.69) is 5.32 Å². The highest BCUT2D eigenvalue weighted by molar-refractivity contribution is 6.30. The van der Waals surface area contributed by atoms with E-state index >= 15 is 0 Å². The van der Waals surface area contributed by atoms with Crippen molar-refractivity contribution in [2.45, 2.75) is 25.2 Å². The van der Waals surface area contributed by atoms with Crippen LogP contribution >= 0.6 is 11.6 Å². The van der Waals surface area contributed by atoms with Crippen molar-refractivity contribution in [2.75, 3.05) is 13.2 Å². The van der Waals surface area contributed by atoms with Gasteiger partial charge in [0, 0.05) is 22.9 Å². The second-order valence-electron chi connectivity index (χ2n) is 5.88. The molecule has 2 saturated carbocycles. The molecular weight excluding hydrogens is 262 g/mol. The Labute approximate surface area is 118 Å². The topological polar surface area (TPSA) is 49.3 Å². The highest BCUT2D eigenvalue weighted by atomic mass is 35.5. The van der Waals surface area contributed by atoms with Gasteiger partial charge < -0.3 is 10.4 Å². The molecule has 0 radical (unpaired) electrons. The predicted octanol–water partition coefficient (Wildman–Crippen LogP) is 2.33. The van der Waals surface area contributed by atoms with Crippen molar-refractivity contribution in [3.8, 4) is 0 Å². The third-order valence-corrected chi connectivity index (χ3v) is 4.61. The van der Waals surface area contributed by atoms with Gasteiger partial charge in [0.25, 0.3) is 0 Å². The van der Waals surface area contributed by atoms with Crippen molar-refractivity contribution < 1.29 is 9.90 Å². The number of hydrogen-bond donors (Lipinski definition) is 2. The number of rotatable bonds is 5. The molecule has 0 heterocycles. The summed E-state index contributed by atoms with van der Waals surface area (Å²) in [6.45, 7) is 0.796. The van der Waals surface area contributed by atoms with Gasteiger partial charge in [-0.2, -0.15) is 0 Å². The Morgan fingerprint density at radius 1 is 1.37 bits per heavy atom. The zero-order valence-electron chi connectivity index (χ0n) is 10.7. The first kappa shape index (κ1) is 12.9. The monoisotopic (exact) mass is 279 g/mol. The molecule has 0 aliphatic heterocycles. The van der Waals surface area contributed by atoms with E-state index in [1.54, 1.807) is 0 Å². The summed E-state index contributed by atoms with van der Waals surface area (Å²) in [4.78, 5) is 12.0. The maximum atomic E-state index is 12.0. The molecule has 0 bridgehead atoms. The van der Waals surface area contributed by atoms with Crippen LogP contribution in [0.4, 0.5) is 0 Å². The molecule has 19 heavy (non-hydrogen) atoms. The molecule has 2 aliphatic carbocycles. The van der Waals surface area contributed by atoms with E-state index in [0.717, 1.165) is 24.3 Å². The van der Waals surface area contributed by atoms with Crippen molar-refractivity contribution in [2.24, 2.45) is 11.3 Å². The molecule has 3 rings (SSSR count). The molecule has 2 N–H and O–H groups in total. The summed E-state index contributed by atoms with van der Waals surface area (Å²) in [5, 5.41) is 12.9. The van der Waals surface area contributed by atoms with E-state index in [1.165, 1.54) is 5.56 Å². The molecule has 0 spiro atoms. The van der Waals surface area contributed by atoms with Crippen LogP contribution in [0.1, 0.15) is 30.7 Å². The van der Waals surface area contributed by atoms with E-state index in [-0.39, 0.29) is 23.8 Å². The summed E-state index contributed by atoms with van der Waals surface area (Å²) in [5.41, 5.74) is 1.17. The molecule has 102 valence electrons. The SMILES string of the molecule is O=C(NCC1(CO)CC1)C1CC1c1ccc(Cl)cc1. The second-order valence-corrected chi connectivity index (χ2v) is 6.31. The van der Waals surface area contributed by atoms with Crippen LogP contribution in [-0.2, 0) is 4.79 Å². The lowest BCUT2D eigenvalue weighted by Crippen LogP contribution is -2.33. The molecule has 2 unspecified atom stereocenters. The van der Waals surface area contributed by atoms with Gasteiger partial charge in [-0.3, -0.25) is 4.79 Å². The van der Waals surface area contributed by atoms with Crippen molar-refractivity contribution in [3.63, 3.8) is 0 Å². The molecule has 0 aromatic heterocycles. The van der Waals surface area contributed by atoms with Crippen LogP contribution in [0.3, 0.4) is 0 Å². The lowest BCUT2D eigenvalue weighted by atomic mass is 10.1. The van der Waals surface area contributed by atoms with E-state index in [1.807, 2.05) is 24.3 Å². The first-order valence-electron chi connectivity index (χ1n) is 6.78. The van der Waals surface area contributed by atoms with E-state index < -0.39 is 0 Å². The molecule has 2 aliphatic rings. The number of amides is 1. The van der Waals surface area contributed by atoms with Gasteiger partial charge in [-0.25, -0.2) is 0 Å². The zero-order valence-corrected chi connectivity index (χ0v) is 11.5. The molecular formula is C15H18ClNO2.